The standard InChI is InChI=1S/C25H25Cl2N3O5S/c1-35-15-14-28-25(32)19-6-3-4-9-23(19)29-24(31)17-10-12-18(13-11-17)30(36(2,33)34)16-20-21(26)7-5-8-22(20)27/h3-13H,14-16H2,1-2H3,(H,28,32)(H,29,31). The quantitative estimate of drug-likeness (QED) is 0.360. The maximum Gasteiger partial charge on any atom is 0.255 e. The van der Waals surface area contributed by atoms with Crippen molar-refractivity contribution in [1.82, 2.24) is 5.32 Å². The molecule has 0 saturated carbocycles. The van der Waals surface area contributed by atoms with Gasteiger partial charge in [-0.05, 0) is 48.5 Å². The number of anilines is 2. The number of halogens is 2. The molecule has 0 aliphatic carbocycles. The average Bonchev–Trinajstić information content (AvgIpc) is 2.83. The van der Waals surface area contributed by atoms with E-state index in [1.54, 1.807) is 42.5 Å². The number of carbonyl (C=O) groups is 2. The van der Waals surface area contributed by atoms with Gasteiger partial charge in [-0.3, -0.25) is 13.9 Å². The number of ether oxygens (including phenoxy) is 1. The fourth-order valence-electron chi connectivity index (χ4n) is 3.35. The summed E-state index contributed by atoms with van der Waals surface area (Å²) in [5, 5.41) is 6.14. The molecule has 0 fully saturated rings. The zero-order chi connectivity index (χ0) is 26.3. The molecule has 0 unspecified atom stereocenters. The van der Waals surface area contributed by atoms with Crippen LogP contribution in [0.25, 0.3) is 0 Å². The van der Waals surface area contributed by atoms with E-state index in [9.17, 15) is 18.0 Å². The number of amides is 2. The number of rotatable bonds is 10. The zero-order valence-electron chi connectivity index (χ0n) is 19.6. The first-order chi connectivity index (χ1) is 17.1. The fraction of sp³-hybridized carbons (Fsp3) is 0.200. The van der Waals surface area contributed by atoms with Crippen molar-refractivity contribution in [2.24, 2.45) is 0 Å². The second kappa shape index (κ2) is 12.2. The maximum atomic E-state index is 12.9. The van der Waals surface area contributed by atoms with E-state index in [0.29, 0.717) is 45.7 Å². The van der Waals surface area contributed by atoms with Crippen molar-refractivity contribution >= 4 is 56.4 Å². The van der Waals surface area contributed by atoms with Gasteiger partial charge in [0.2, 0.25) is 10.0 Å². The van der Waals surface area contributed by atoms with Crippen LogP contribution in [0.4, 0.5) is 11.4 Å². The number of hydrogen-bond donors (Lipinski definition) is 2. The van der Waals surface area contributed by atoms with Crippen molar-refractivity contribution in [3.05, 3.63) is 93.5 Å². The van der Waals surface area contributed by atoms with Crippen molar-refractivity contribution in [3.8, 4) is 0 Å². The van der Waals surface area contributed by atoms with E-state index in [1.165, 1.54) is 31.4 Å². The molecule has 8 nitrogen and oxygen atoms in total. The van der Waals surface area contributed by atoms with Crippen LogP contribution < -0.4 is 14.9 Å². The first-order valence-corrected chi connectivity index (χ1v) is 13.4. The van der Waals surface area contributed by atoms with Gasteiger partial charge in [0.05, 0.1) is 36.3 Å². The molecule has 0 saturated heterocycles. The summed E-state index contributed by atoms with van der Waals surface area (Å²) in [5.74, 6) is -0.806. The van der Waals surface area contributed by atoms with Crippen LogP contribution in [0.2, 0.25) is 10.0 Å². The molecule has 0 spiro atoms. The molecule has 0 aliphatic rings. The van der Waals surface area contributed by atoms with E-state index in [2.05, 4.69) is 10.6 Å². The Hall–Kier alpha value is -3.11. The third kappa shape index (κ3) is 6.98. The molecule has 3 rings (SSSR count). The molecule has 2 N–H and O–H groups in total. The predicted octanol–water partition coefficient (Wildman–Crippen LogP) is 4.59. The number of para-hydroxylation sites is 1. The smallest absolute Gasteiger partial charge is 0.255 e. The van der Waals surface area contributed by atoms with Gasteiger partial charge in [0.1, 0.15) is 0 Å². The highest BCUT2D eigenvalue weighted by Gasteiger charge is 2.21. The molecule has 3 aromatic rings. The van der Waals surface area contributed by atoms with Crippen molar-refractivity contribution in [2.75, 3.05) is 36.1 Å². The zero-order valence-corrected chi connectivity index (χ0v) is 22.0. The Morgan fingerprint density at radius 3 is 2.17 bits per heavy atom. The van der Waals surface area contributed by atoms with Crippen LogP contribution in [-0.4, -0.2) is 46.7 Å². The average molecular weight is 550 g/mol. The van der Waals surface area contributed by atoms with Crippen molar-refractivity contribution in [1.29, 1.82) is 0 Å². The molecular weight excluding hydrogens is 525 g/mol. The lowest BCUT2D eigenvalue weighted by Gasteiger charge is -2.23. The van der Waals surface area contributed by atoms with E-state index in [4.69, 9.17) is 27.9 Å². The third-order valence-electron chi connectivity index (χ3n) is 5.19. The van der Waals surface area contributed by atoms with Gasteiger partial charge in [-0.2, -0.15) is 0 Å². The summed E-state index contributed by atoms with van der Waals surface area (Å²) in [6, 6.07) is 17.6. The number of methoxy groups -OCH3 is 1. The number of benzene rings is 3. The van der Waals surface area contributed by atoms with E-state index in [0.717, 1.165) is 10.6 Å². The molecule has 0 atom stereocenters. The lowest BCUT2D eigenvalue weighted by Crippen LogP contribution is -2.29. The van der Waals surface area contributed by atoms with E-state index < -0.39 is 15.9 Å². The summed E-state index contributed by atoms with van der Waals surface area (Å²) in [5.41, 5.74) is 1.72. The SMILES string of the molecule is COCCNC(=O)c1ccccc1NC(=O)c1ccc(N(Cc2c(Cl)cccc2Cl)S(C)(=O)=O)cc1. The molecule has 190 valence electrons. The normalized spacial score (nSPS) is 11.1. The molecule has 2 amide bonds. The van der Waals surface area contributed by atoms with Crippen LogP contribution in [0.3, 0.4) is 0 Å². The molecule has 0 bridgehead atoms. The van der Waals surface area contributed by atoms with Crippen LogP contribution >= 0.6 is 23.2 Å². The number of nitrogens with one attached hydrogen (secondary N) is 2. The Balaban J connectivity index is 1.80. The summed E-state index contributed by atoms with van der Waals surface area (Å²) in [7, 11) is -2.16. The summed E-state index contributed by atoms with van der Waals surface area (Å²) >= 11 is 12.5. The van der Waals surface area contributed by atoms with E-state index in [-0.39, 0.29) is 18.0 Å². The first kappa shape index (κ1) is 27.5. The lowest BCUT2D eigenvalue weighted by molar-refractivity contribution is 0.0938. The van der Waals surface area contributed by atoms with Crippen molar-refractivity contribution in [3.63, 3.8) is 0 Å². The molecule has 0 aliphatic heterocycles. The van der Waals surface area contributed by atoms with Gasteiger partial charge < -0.3 is 15.4 Å². The largest absolute Gasteiger partial charge is 0.383 e. The first-order valence-electron chi connectivity index (χ1n) is 10.8. The number of hydrogen-bond acceptors (Lipinski definition) is 5. The second-order valence-electron chi connectivity index (χ2n) is 7.77. The van der Waals surface area contributed by atoms with Crippen LogP contribution in [0.5, 0.6) is 0 Å². The Labute approximate surface area is 220 Å². The van der Waals surface area contributed by atoms with E-state index in [1.807, 2.05) is 0 Å². The maximum absolute atomic E-state index is 12.9. The van der Waals surface area contributed by atoms with Gasteiger partial charge in [-0.15, -0.1) is 0 Å². The molecule has 0 heterocycles. The van der Waals surface area contributed by atoms with Gasteiger partial charge in [0.25, 0.3) is 11.8 Å². The molecule has 0 radical (unpaired) electrons. The van der Waals surface area contributed by atoms with Gasteiger partial charge >= 0.3 is 0 Å². The summed E-state index contributed by atoms with van der Waals surface area (Å²) in [6.45, 7) is 0.615. The molecule has 36 heavy (non-hydrogen) atoms. The van der Waals surface area contributed by atoms with Gasteiger partial charge in [-0.1, -0.05) is 41.4 Å². The number of nitrogens with zero attached hydrogens (tertiary/aromatic N) is 1. The third-order valence-corrected chi connectivity index (χ3v) is 7.04. The Morgan fingerprint density at radius 1 is 0.917 bits per heavy atom. The van der Waals surface area contributed by atoms with Crippen molar-refractivity contribution in [2.45, 2.75) is 6.54 Å². The molecule has 0 aromatic heterocycles. The topological polar surface area (TPSA) is 105 Å². The Bertz CT molecular complexity index is 1330. The summed E-state index contributed by atoms with van der Waals surface area (Å²) < 4.78 is 31.1. The molecular formula is C25H25Cl2N3O5S. The van der Waals surface area contributed by atoms with Crippen LogP contribution in [0, 0.1) is 0 Å². The molecule has 11 heteroatoms. The minimum atomic E-state index is -3.69. The van der Waals surface area contributed by atoms with Crippen LogP contribution in [0.1, 0.15) is 26.3 Å². The summed E-state index contributed by atoms with van der Waals surface area (Å²) in [6.07, 6.45) is 1.08. The second-order valence-corrected chi connectivity index (χ2v) is 10.5. The minimum Gasteiger partial charge on any atom is -0.383 e. The Morgan fingerprint density at radius 2 is 1.56 bits per heavy atom. The number of carbonyl (C=O) groups excluding carboxylic acids is 2. The Kier molecular flexibility index (Phi) is 9.33. The monoisotopic (exact) mass is 549 g/mol. The minimum absolute atomic E-state index is 0.0750. The highest BCUT2D eigenvalue weighted by atomic mass is 35.5. The molecule has 3 aromatic carbocycles. The fourth-order valence-corrected chi connectivity index (χ4v) is 4.74. The van der Waals surface area contributed by atoms with Gasteiger partial charge in [0.15, 0.2) is 0 Å². The highest BCUT2D eigenvalue weighted by Crippen LogP contribution is 2.29. The van der Waals surface area contributed by atoms with Crippen molar-refractivity contribution < 1.29 is 22.7 Å². The van der Waals surface area contributed by atoms with E-state index >= 15 is 0 Å². The highest BCUT2D eigenvalue weighted by molar-refractivity contribution is 7.92. The predicted molar refractivity (Wildman–Crippen MR) is 143 cm³/mol. The number of sulfonamides is 1. The van der Waals surface area contributed by atoms with Crippen LogP contribution in [0.15, 0.2) is 66.7 Å². The van der Waals surface area contributed by atoms with Crippen LogP contribution in [-0.2, 0) is 21.3 Å². The lowest BCUT2D eigenvalue weighted by atomic mass is 10.1. The van der Waals surface area contributed by atoms with Gasteiger partial charge in [-0.25, -0.2) is 8.42 Å². The summed E-state index contributed by atoms with van der Waals surface area (Å²) in [4.78, 5) is 25.3. The van der Waals surface area contributed by atoms with Gasteiger partial charge in [0, 0.05) is 34.8 Å².